The molecule has 0 bridgehead atoms. The number of quaternary nitrogens is 1. The van der Waals surface area contributed by atoms with E-state index in [9.17, 15) is 23.3 Å². The van der Waals surface area contributed by atoms with Crippen LogP contribution in [0, 0.1) is 10.1 Å². The van der Waals surface area contributed by atoms with Gasteiger partial charge in [0.15, 0.2) is 0 Å². The molecule has 1 fully saturated rings. The van der Waals surface area contributed by atoms with Crippen molar-refractivity contribution in [3.63, 3.8) is 0 Å². The van der Waals surface area contributed by atoms with Crippen LogP contribution in [0.15, 0.2) is 18.2 Å². The number of halogens is 3. The SMILES string of the molecule is O=[N+]([O-])c1cc(C(F)(F)F)ccc1N1CCC[NH2+]CC1. The molecular weight excluding hydrogens is 275 g/mol. The second kappa shape index (κ2) is 5.66. The quantitative estimate of drug-likeness (QED) is 0.661. The number of alkyl halides is 3. The highest BCUT2D eigenvalue weighted by molar-refractivity contribution is 5.64. The minimum absolute atomic E-state index is 0.262. The standard InChI is InChI=1S/C12H14F3N3O2/c13-12(14,15)9-2-3-10(11(8-9)18(19)20)17-6-1-4-16-5-7-17/h2-3,8,16H,1,4-7H2/p+1. The molecule has 0 aromatic heterocycles. The summed E-state index contributed by atoms with van der Waals surface area (Å²) in [4.78, 5) is 12.1. The van der Waals surface area contributed by atoms with Crippen molar-refractivity contribution in [2.75, 3.05) is 31.1 Å². The molecule has 1 saturated heterocycles. The third-order valence-electron chi connectivity index (χ3n) is 3.28. The van der Waals surface area contributed by atoms with Crippen molar-refractivity contribution in [3.8, 4) is 0 Å². The molecule has 0 unspecified atom stereocenters. The zero-order chi connectivity index (χ0) is 14.8. The Labute approximate surface area is 113 Å². The lowest BCUT2D eigenvalue weighted by molar-refractivity contribution is -0.650. The fourth-order valence-electron chi connectivity index (χ4n) is 2.28. The normalized spacial score (nSPS) is 16.9. The van der Waals surface area contributed by atoms with Gasteiger partial charge in [0, 0.05) is 19.0 Å². The van der Waals surface area contributed by atoms with Gasteiger partial charge in [0.25, 0.3) is 5.69 Å². The minimum atomic E-state index is -4.57. The van der Waals surface area contributed by atoms with Gasteiger partial charge in [0.2, 0.25) is 0 Å². The number of nitrogens with zero attached hydrogens (tertiary/aromatic N) is 2. The Bertz CT molecular complexity index is 497. The van der Waals surface area contributed by atoms with Crippen molar-refractivity contribution in [1.82, 2.24) is 0 Å². The monoisotopic (exact) mass is 290 g/mol. The van der Waals surface area contributed by atoms with Crippen molar-refractivity contribution < 1.29 is 23.4 Å². The number of benzene rings is 1. The first-order chi connectivity index (χ1) is 9.39. The van der Waals surface area contributed by atoms with Gasteiger partial charge < -0.3 is 10.2 Å². The summed E-state index contributed by atoms with van der Waals surface area (Å²) in [6.07, 6.45) is -3.73. The molecule has 1 aromatic carbocycles. The van der Waals surface area contributed by atoms with Gasteiger partial charge in [0.1, 0.15) is 5.69 Å². The molecule has 1 aromatic rings. The van der Waals surface area contributed by atoms with Gasteiger partial charge in [-0.2, -0.15) is 13.2 Å². The maximum Gasteiger partial charge on any atom is 0.416 e. The van der Waals surface area contributed by atoms with Crippen molar-refractivity contribution >= 4 is 11.4 Å². The van der Waals surface area contributed by atoms with Gasteiger partial charge in [-0.3, -0.25) is 10.1 Å². The smallest absolute Gasteiger partial charge is 0.360 e. The van der Waals surface area contributed by atoms with E-state index < -0.39 is 22.4 Å². The van der Waals surface area contributed by atoms with Crippen LogP contribution in [0.1, 0.15) is 12.0 Å². The van der Waals surface area contributed by atoms with E-state index in [2.05, 4.69) is 5.32 Å². The van der Waals surface area contributed by atoms with E-state index in [0.29, 0.717) is 19.2 Å². The van der Waals surface area contributed by atoms with Gasteiger partial charge >= 0.3 is 6.18 Å². The van der Waals surface area contributed by atoms with Crippen molar-refractivity contribution in [1.29, 1.82) is 0 Å². The molecule has 2 rings (SSSR count). The molecular formula is C12H15F3N3O2+. The van der Waals surface area contributed by atoms with E-state index in [1.807, 2.05) is 0 Å². The second-order valence-corrected chi connectivity index (χ2v) is 4.66. The Kier molecular flexibility index (Phi) is 4.12. The third kappa shape index (κ3) is 3.19. The first-order valence-corrected chi connectivity index (χ1v) is 6.32. The maximum atomic E-state index is 12.6. The molecule has 0 aliphatic carbocycles. The number of nitro benzene ring substituents is 1. The molecule has 110 valence electrons. The highest BCUT2D eigenvalue weighted by atomic mass is 19.4. The van der Waals surface area contributed by atoms with Crippen molar-refractivity contribution in [2.45, 2.75) is 12.6 Å². The minimum Gasteiger partial charge on any atom is -0.360 e. The molecule has 5 nitrogen and oxygen atoms in total. The summed E-state index contributed by atoms with van der Waals surface area (Å²) in [7, 11) is 0. The average molecular weight is 290 g/mol. The molecule has 0 spiro atoms. The molecule has 1 aliphatic rings. The number of nitro groups is 1. The summed E-state index contributed by atoms with van der Waals surface area (Å²) < 4.78 is 37.9. The number of anilines is 1. The molecule has 0 amide bonds. The molecule has 0 atom stereocenters. The number of hydrogen-bond acceptors (Lipinski definition) is 3. The summed E-state index contributed by atoms with van der Waals surface area (Å²) in [5.74, 6) is 0. The number of nitrogens with two attached hydrogens (primary N) is 1. The van der Waals surface area contributed by atoms with Crippen LogP contribution in [0.3, 0.4) is 0 Å². The van der Waals surface area contributed by atoms with Crippen LogP contribution in [-0.4, -0.2) is 31.1 Å². The Hall–Kier alpha value is -1.83. The molecule has 2 N–H and O–H groups in total. The van der Waals surface area contributed by atoms with E-state index in [1.165, 1.54) is 6.07 Å². The predicted molar refractivity (Wildman–Crippen MR) is 66.6 cm³/mol. The van der Waals surface area contributed by atoms with E-state index in [4.69, 9.17) is 0 Å². The van der Waals surface area contributed by atoms with Crippen LogP contribution >= 0.6 is 0 Å². The van der Waals surface area contributed by atoms with Crippen LogP contribution in [0.25, 0.3) is 0 Å². The van der Waals surface area contributed by atoms with Gasteiger partial charge in [0.05, 0.1) is 30.1 Å². The molecule has 0 saturated carbocycles. The van der Waals surface area contributed by atoms with Crippen LogP contribution in [0.5, 0.6) is 0 Å². The lowest BCUT2D eigenvalue weighted by Gasteiger charge is -2.21. The summed E-state index contributed by atoms with van der Waals surface area (Å²) in [5, 5.41) is 13.1. The van der Waals surface area contributed by atoms with Gasteiger partial charge in [-0.05, 0) is 12.1 Å². The number of hydrogen-bond donors (Lipinski definition) is 1. The highest BCUT2D eigenvalue weighted by Gasteiger charge is 2.33. The predicted octanol–water partition coefficient (Wildman–Crippen LogP) is 1.39. The van der Waals surface area contributed by atoms with Gasteiger partial charge in [-0.25, -0.2) is 0 Å². The summed E-state index contributed by atoms with van der Waals surface area (Å²) in [6.45, 7) is 2.90. The lowest BCUT2D eigenvalue weighted by atomic mass is 10.1. The third-order valence-corrected chi connectivity index (χ3v) is 3.28. The largest absolute Gasteiger partial charge is 0.416 e. The maximum absolute atomic E-state index is 12.6. The lowest BCUT2D eigenvalue weighted by Crippen LogP contribution is -2.84. The topological polar surface area (TPSA) is 63.0 Å². The van der Waals surface area contributed by atoms with E-state index in [-0.39, 0.29) is 5.69 Å². The van der Waals surface area contributed by atoms with Gasteiger partial charge in [-0.1, -0.05) is 0 Å². The van der Waals surface area contributed by atoms with E-state index in [1.54, 1.807) is 4.90 Å². The second-order valence-electron chi connectivity index (χ2n) is 4.66. The van der Waals surface area contributed by atoms with E-state index in [0.717, 1.165) is 25.6 Å². The molecule has 0 radical (unpaired) electrons. The Morgan fingerprint density at radius 3 is 2.65 bits per heavy atom. The summed E-state index contributed by atoms with van der Waals surface area (Å²) >= 11 is 0. The van der Waals surface area contributed by atoms with Crippen molar-refractivity contribution in [2.24, 2.45) is 0 Å². The summed E-state index contributed by atoms with van der Waals surface area (Å²) in [5.41, 5.74) is -1.21. The van der Waals surface area contributed by atoms with Crippen LogP contribution in [-0.2, 0) is 6.18 Å². The first-order valence-electron chi connectivity index (χ1n) is 6.32. The van der Waals surface area contributed by atoms with Crippen LogP contribution in [0.2, 0.25) is 0 Å². The molecule has 20 heavy (non-hydrogen) atoms. The Morgan fingerprint density at radius 2 is 2.00 bits per heavy atom. The Morgan fingerprint density at radius 1 is 1.25 bits per heavy atom. The molecule has 1 heterocycles. The fourth-order valence-corrected chi connectivity index (χ4v) is 2.28. The van der Waals surface area contributed by atoms with Crippen molar-refractivity contribution in [3.05, 3.63) is 33.9 Å². The average Bonchev–Trinajstić information content (AvgIpc) is 2.65. The summed E-state index contributed by atoms with van der Waals surface area (Å²) in [6, 6.07) is 2.72. The fraction of sp³-hybridized carbons (Fsp3) is 0.500. The zero-order valence-corrected chi connectivity index (χ0v) is 10.7. The highest BCUT2D eigenvalue weighted by Crippen LogP contribution is 2.36. The molecule has 1 aliphatic heterocycles. The van der Waals surface area contributed by atoms with E-state index >= 15 is 0 Å². The Balaban J connectivity index is 2.39. The first kappa shape index (κ1) is 14.6. The van der Waals surface area contributed by atoms with Crippen LogP contribution in [0.4, 0.5) is 24.5 Å². The van der Waals surface area contributed by atoms with Gasteiger partial charge in [-0.15, -0.1) is 0 Å². The zero-order valence-electron chi connectivity index (χ0n) is 10.7. The number of rotatable bonds is 2. The van der Waals surface area contributed by atoms with Crippen LogP contribution < -0.4 is 10.2 Å². The molecule has 8 heteroatoms.